The molecule has 0 saturated carbocycles. The number of nitrogens with zero attached hydrogens (tertiary/aromatic N) is 1. The molecule has 0 unspecified atom stereocenters. The van der Waals surface area contributed by atoms with Crippen molar-refractivity contribution in [2.24, 2.45) is 11.1 Å². The Kier molecular flexibility index (Phi) is 3.62. The van der Waals surface area contributed by atoms with E-state index < -0.39 is 5.41 Å². The van der Waals surface area contributed by atoms with Crippen molar-refractivity contribution in [1.82, 2.24) is 4.57 Å². The highest BCUT2D eigenvalue weighted by Crippen LogP contribution is 2.24. The molecule has 0 bridgehead atoms. The normalized spacial score (nSPS) is 11.8. The Hall–Kier alpha value is -1.81. The zero-order valence-electron chi connectivity index (χ0n) is 11.6. The van der Waals surface area contributed by atoms with Crippen molar-refractivity contribution in [2.75, 3.05) is 7.11 Å². The van der Waals surface area contributed by atoms with E-state index in [1.165, 1.54) is 7.11 Å². The number of esters is 1. The minimum atomic E-state index is -0.548. The van der Waals surface area contributed by atoms with Crippen LogP contribution in [0.3, 0.4) is 0 Å². The summed E-state index contributed by atoms with van der Waals surface area (Å²) in [6.45, 7) is 4.90. The summed E-state index contributed by atoms with van der Waals surface area (Å²) in [5.74, 6) is -0.201. The summed E-state index contributed by atoms with van der Waals surface area (Å²) in [6.07, 6.45) is 2.00. The first-order valence-corrected chi connectivity index (χ1v) is 6.34. The largest absolute Gasteiger partial charge is 0.469 e. The van der Waals surface area contributed by atoms with Crippen molar-refractivity contribution in [1.29, 1.82) is 0 Å². The third-order valence-electron chi connectivity index (χ3n) is 3.37. The minimum absolute atomic E-state index is 0.201. The van der Waals surface area contributed by atoms with Gasteiger partial charge >= 0.3 is 5.97 Å². The quantitative estimate of drug-likeness (QED) is 0.858. The van der Waals surface area contributed by atoms with Gasteiger partial charge in [-0.2, -0.15) is 0 Å². The molecule has 0 radical (unpaired) electrons. The van der Waals surface area contributed by atoms with Gasteiger partial charge in [-0.15, -0.1) is 0 Å². The molecule has 0 aliphatic heterocycles. The maximum Gasteiger partial charge on any atom is 0.313 e. The fourth-order valence-electron chi connectivity index (χ4n) is 2.28. The topological polar surface area (TPSA) is 57.2 Å². The third kappa shape index (κ3) is 2.63. The van der Waals surface area contributed by atoms with Crippen LogP contribution in [0, 0.1) is 5.41 Å². The fourth-order valence-corrected chi connectivity index (χ4v) is 2.28. The van der Waals surface area contributed by atoms with Crippen LogP contribution in [-0.4, -0.2) is 17.6 Å². The predicted molar refractivity (Wildman–Crippen MR) is 75.6 cm³/mol. The Balaban J connectivity index is 2.34. The van der Waals surface area contributed by atoms with Crippen LogP contribution in [-0.2, 0) is 22.6 Å². The summed E-state index contributed by atoms with van der Waals surface area (Å²) < 4.78 is 6.92. The molecule has 0 fully saturated rings. The maximum absolute atomic E-state index is 11.7. The van der Waals surface area contributed by atoms with Crippen molar-refractivity contribution in [3.8, 4) is 0 Å². The lowest BCUT2D eigenvalue weighted by molar-refractivity contribution is -0.151. The predicted octanol–water partition coefficient (Wildman–Crippen LogP) is 2.30. The van der Waals surface area contributed by atoms with E-state index in [2.05, 4.69) is 10.6 Å². The highest BCUT2D eigenvalue weighted by atomic mass is 16.5. The van der Waals surface area contributed by atoms with Crippen LogP contribution in [0.2, 0.25) is 0 Å². The van der Waals surface area contributed by atoms with E-state index in [0.29, 0.717) is 13.1 Å². The molecule has 1 heterocycles. The number of nitrogens with two attached hydrogens (primary N) is 1. The lowest BCUT2D eigenvalue weighted by Gasteiger charge is -2.22. The summed E-state index contributed by atoms with van der Waals surface area (Å²) in [7, 11) is 1.42. The summed E-state index contributed by atoms with van der Waals surface area (Å²) in [6, 6.07) is 8.19. The lowest BCUT2D eigenvalue weighted by atomic mass is 9.93. The van der Waals surface area contributed by atoms with Crippen LogP contribution in [0.1, 0.15) is 19.4 Å². The van der Waals surface area contributed by atoms with Gasteiger partial charge in [-0.3, -0.25) is 4.79 Å². The molecule has 2 N–H and O–H groups in total. The van der Waals surface area contributed by atoms with Crippen molar-refractivity contribution < 1.29 is 9.53 Å². The number of aromatic nitrogens is 1. The smallest absolute Gasteiger partial charge is 0.313 e. The van der Waals surface area contributed by atoms with Crippen LogP contribution in [0.15, 0.2) is 30.5 Å². The Morgan fingerprint density at radius 3 is 2.74 bits per heavy atom. The molecule has 1 aromatic carbocycles. The van der Waals surface area contributed by atoms with Gasteiger partial charge in [-0.25, -0.2) is 0 Å². The van der Waals surface area contributed by atoms with E-state index in [-0.39, 0.29) is 5.97 Å². The summed E-state index contributed by atoms with van der Waals surface area (Å²) in [5, 5.41) is 1.14. The minimum Gasteiger partial charge on any atom is -0.469 e. The Morgan fingerprint density at radius 2 is 2.11 bits per heavy atom. The van der Waals surface area contributed by atoms with Gasteiger partial charge in [0.05, 0.1) is 12.5 Å². The SMILES string of the molecule is COC(=O)C(C)(C)Cn1ccc2cc(CN)ccc21. The molecule has 0 aliphatic carbocycles. The molecule has 0 saturated heterocycles. The molecule has 102 valence electrons. The van der Waals surface area contributed by atoms with Gasteiger partial charge in [-0.05, 0) is 43.0 Å². The molecule has 0 spiro atoms. The summed E-state index contributed by atoms with van der Waals surface area (Å²) in [4.78, 5) is 11.7. The zero-order chi connectivity index (χ0) is 14.0. The van der Waals surface area contributed by atoms with Crippen LogP contribution in [0.5, 0.6) is 0 Å². The van der Waals surface area contributed by atoms with Crippen LogP contribution in [0.25, 0.3) is 10.9 Å². The van der Waals surface area contributed by atoms with Crippen molar-refractivity contribution >= 4 is 16.9 Å². The van der Waals surface area contributed by atoms with E-state index in [1.807, 2.05) is 38.2 Å². The first kappa shape index (κ1) is 13.6. The standard InChI is InChI=1S/C15H20N2O2/c1-15(2,14(18)19-3)10-17-7-6-12-8-11(9-16)4-5-13(12)17/h4-8H,9-10,16H2,1-3H3. The average molecular weight is 260 g/mol. The molecule has 0 aliphatic rings. The van der Waals surface area contributed by atoms with Gasteiger partial charge in [0.2, 0.25) is 0 Å². The summed E-state index contributed by atoms with van der Waals surface area (Å²) in [5.41, 5.74) is 7.31. The van der Waals surface area contributed by atoms with Crippen LogP contribution in [0.4, 0.5) is 0 Å². The lowest BCUT2D eigenvalue weighted by Crippen LogP contribution is -2.30. The average Bonchev–Trinajstić information content (AvgIpc) is 2.79. The van der Waals surface area contributed by atoms with Gasteiger partial charge in [0.15, 0.2) is 0 Å². The highest BCUT2D eigenvalue weighted by Gasteiger charge is 2.29. The molecule has 1 aromatic heterocycles. The second-order valence-electron chi connectivity index (χ2n) is 5.42. The number of ether oxygens (including phenoxy) is 1. The second-order valence-corrected chi connectivity index (χ2v) is 5.42. The number of hydrogen-bond donors (Lipinski definition) is 1. The molecule has 0 atom stereocenters. The number of carbonyl (C=O) groups is 1. The molecular formula is C15H20N2O2. The van der Waals surface area contributed by atoms with E-state index in [4.69, 9.17) is 10.5 Å². The fraction of sp³-hybridized carbons (Fsp3) is 0.400. The Bertz CT molecular complexity index is 599. The number of benzene rings is 1. The van der Waals surface area contributed by atoms with Crippen LogP contribution < -0.4 is 5.73 Å². The first-order chi connectivity index (χ1) is 8.97. The maximum atomic E-state index is 11.7. The Morgan fingerprint density at radius 1 is 1.37 bits per heavy atom. The molecule has 2 rings (SSSR count). The molecule has 19 heavy (non-hydrogen) atoms. The van der Waals surface area contributed by atoms with Gasteiger partial charge in [0, 0.05) is 24.8 Å². The van der Waals surface area contributed by atoms with Gasteiger partial charge < -0.3 is 15.0 Å². The number of hydrogen-bond acceptors (Lipinski definition) is 3. The van der Waals surface area contributed by atoms with Crippen molar-refractivity contribution in [3.63, 3.8) is 0 Å². The Labute approximate surface area is 113 Å². The summed E-state index contributed by atoms with van der Waals surface area (Å²) >= 11 is 0. The van der Waals surface area contributed by atoms with Crippen molar-refractivity contribution in [2.45, 2.75) is 26.9 Å². The zero-order valence-corrected chi connectivity index (χ0v) is 11.6. The molecule has 4 nitrogen and oxygen atoms in total. The van der Waals surface area contributed by atoms with E-state index in [1.54, 1.807) is 0 Å². The number of fused-ring (bicyclic) bond motifs is 1. The first-order valence-electron chi connectivity index (χ1n) is 6.34. The van der Waals surface area contributed by atoms with E-state index in [0.717, 1.165) is 16.5 Å². The molecule has 2 aromatic rings. The number of rotatable bonds is 4. The van der Waals surface area contributed by atoms with E-state index >= 15 is 0 Å². The van der Waals surface area contributed by atoms with Crippen molar-refractivity contribution in [3.05, 3.63) is 36.0 Å². The van der Waals surface area contributed by atoms with Gasteiger partial charge in [-0.1, -0.05) is 6.07 Å². The molecule has 4 heteroatoms. The van der Waals surface area contributed by atoms with Gasteiger partial charge in [0.25, 0.3) is 0 Å². The number of methoxy groups -OCH3 is 1. The highest BCUT2D eigenvalue weighted by molar-refractivity contribution is 5.81. The van der Waals surface area contributed by atoms with E-state index in [9.17, 15) is 4.79 Å². The number of carbonyl (C=O) groups excluding carboxylic acids is 1. The monoisotopic (exact) mass is 260 g/mol. The second kappa shape index (κ2) is 5.05. The molecule has 0 amide bonds. The van der Waals surface area contributed by atoms with Crippen LogP contribution >= 0.6 is 0 Å². The molecular weight excluding hydrogens is 240 g/mol. The third-order valence-corrected chi connectivity index (χ3v) is 3.37. The van der Waals surface area contributed by atoms with Gasteiger partial charge in [0.1, 0.15) is 0 Å².